The van der Waals surface area contributed by atoms with Crippen LogP contribution in [0, 0.1) is 13.8 Å². The number of nitrogens with zero attached hydrogens (tertiary/aromatic N) is 2. The molecular weight excluding hydrogens is 442 g/mol. The van der Waals surface area contributed by atoms with Crippen molar-refractivity contribution in [2.75, 3.05) is 19.7 Å². The number of amides is 1. The van der Waals surface area contributed by atoms with Gasteiger partial charge in [-0.3, -0.25) is 9.69 Å². The Morgan fingerprint density at radius 2 is 1.94 bits per heavy atom. The third-order valence-electron chi connectivity index (χ3n) is 6.92. The van der Waals surface area contributed by atoms with Crippen LogP contribution in [0.3, 0.4) is 0 Å². The van der Waals surface area contributed by atoms with E-state index in [1.165, 1.54) is 21.1 Å². The van der Waals surface area contributed by atoms with E-state index in [0.29, 0.717) is 31.7 Å². The minimum Gasteiger partial charge on any atom is -0.365 e. The topological polar surface area (TPSA) is 54.5 Å². The number of rotatable bonds is 6. The Kier molecular flexibility index (Phi) is 7.87. The lowest BCUT2D eigenvalue weighted by Crippen LogP contribution is -2.58. The van der Waals surface area contributed by atoms with Gasteiger partial charge in [-0.2, -0.15) is 0 Å². The van der Waals surface area contributed by atoms with Gasteiger partial charge >= 0.3 is 0 Å². The number of nitrogens with one attached hydrogen (secondary N) is 1. The predicted molar refractivity (Wildman–Crippen MR) is 131 cm³/mol. The van der Waals surface area contributed by atoms with E-state index in [9.17, 15) is 4.79 Å². The molecule has 174 valence electrons. The molecular formula is C25H34ClN3O2S. The summed E-state index contributed by atoms with van der Waals surface area (Å²) in [4.78, 5) is 21.2. The molecule has 1 aliphatic carbocycles. The minimum absolute atomic E-state index is 0.00450. The van der Waals surface area contributed by atoms with Crippen molar-refractivity contribution in [3.8, 4) is 0 Å². The van der Waals surface area contributed by atoms with Crippen LogP contribution < -0.4 is 5.32 Å². The summed E-state index contributed by atoms with van der Waals surface area (Å²) in [5.74, 6) is 0.573. The molecule has 1 aliphatic heterocycles. The Morgan fingerprint density at radius 3 is 2.56 bits per heavy atom. The number of carbonyl (C=O) groups excluding carboxylic acids is 1. The quantitative estimate of drug-likeness (QED) is 0.646. The maximum Gasteiger partial charge on any atom is 0.250 e. The van der Waals surface area contributed by atoms with E-state index < -0.39 is 6.10 Å². The number of ether oxygens (including phenoxy) is 1. The number of hydrogen-bond acceptors (Lipinski definition) is 5. The second kappa shape index (κ2) is 10.6. The second-order valence-corrected chi connectivity index (χ2v) is 10.8. The molecule has 2 heterocycles. The molecule has 2 aliphatic rings. The predicted octanol–water partition coefficient (Wildman–Crippen LogP) is 4.89. The summed E-state index contributed by atoms with van der Waals surface area (Å²) in [5, 5.41) is 4.99. The average molecular weight is 476 g/mol. The zero-order valence-corrected chi connectivity index (χ0v) is 20.8. The smallest absolute Gasteiger partial charge is 0.250 e. The molecule has 7 heteroatoms. The van der Waals surface area contributed by atoms with Crippen LogP contribution in [-0.4, -0.2) is 53.7 Å². The van der Waals surface area contributed by atoms with Crippen LogP contribution in [0.2, 0.25) is 5.02 Å². The van der Waals surface area contributed by atoms with E-state index in [1.807, 2.05) is 30.4 Å². The van der Waals surface area contributed by atoms with Crippen molar-refractivity contribution in [2.45, 2.75) is 77.0 Å². The molecule has 1 saturated carbocycles. The molecule has 2 aromatic rings. The summed E-state index contributed by atoms with van der Waals surface area (Å²) >= 11 is 7.94. The number of morpholine rings is 1. The molecule has 1 amide bonds. The fourth-order valence-corrected chi connectivity index (χ4v) is 6.22. The third kappa shape index (κ3) is 5.53. The fraction of sp³-hybridized carbons (Fsp3) is 0.600. The van der Waals surface area contributed by atoms with Gasteiger partial charge in [-0.15, -0.1) is 11.3 Å². The maximum atomic E-state index is 12.5. The second-order valence-electron chi connectivity index (χ2n) is 9.10. The molecule has 1 aromatic carbocycles. The van der Waals surface area contributed by atoms with Crippen molar-refractivity contribution in [3.05, 3.63) is 50.4 Å². The van der Waals surface area contributed by atoms with Gasteiger partial charge in [0.1, 0.15) is 6.10 Å². The van der Waals surface area contributed by atoms with E-state index in [1.54, 1.807) is 0 Å². The minimum atomic E-state index is -0.390. The summed E-state index contributed by atoms with van der Waals surface area (Å²) in [5.41, 5.74) is 2.43. The van der Waals surface area contributed by atoms with Gasteiger partial charge in [0.15, 0.2) is 0 Å². The van der Waals surface area contributed by atoms with Gasteiger partial charge in [0.2, 0.25) is 5.91 Å². The molecule has 2 fully saturated rings. The number of benzene rings is 1. The largest absolute Gasteiger partial charge is 0.365 e. The van der Waals surface area contributed by atoms with Crippen LogP contribution in [0.25, 0.3) is 0 Å². The fourth-order valence-electron chi connectivity index (χ4n) is 5.01. The first kappa shape index (κ1) is 23.7. The van der Waals surface area contributed by atoms with Crippen molar-refractivity contribution in [2.24, 2.45) is 0 Å². The van der Waals surface area contributed by atoms with E-state index in [0.717, 1.165) is 37.1 Å². The molecule has 0 bridgehead atoms. The van der Waals surface area contributed by atoms with E-state index >= 15 is 0 Å². The van der Waals surface area contributed by atoms with Crippen molar-refractivity contribution in [3.63, 3.8) is 0 Å². The first-order chi connectivity index (χ1) is 15.4. The van der Waals surface area contributed by atoms with E-state index in [-0.39, 0.29) is 11.9 Å². The SMILES string of the molecule is CCNC(=O)[C@H]1CN(C2CCC(c3nc(C)c(C)s3)CC2)[C@@H](Cc2ccc(Cl)cc2)CO1. The standard InChI is InChI=1S/C25H34ClN3O2S/c1-4-27-24(30)23-14-29(22(15-31-23)13-18-5-9-20(26)10-6-18)21-11-7-19(8-12-21)25-28-16(2)17(3)32-25/h5-6,9-10,19,21-23H,4,7-8,11-15H2,1-3H3,(H,27,30)/t19?,21?,22-,23+/m0/s1. The number of likely N-dealkylation sites (N-methyl/N-ethyl adjacent to an activating group) is 1. The first-order valence-electron chi connectivity index (χ1n) is 11.8. The lowest BCUT2D eigenvalue weighted by atomic mass is 9.84. The number of hydrogen-bond donors (Lipinski definition) is 1. The van der Waals surface area contributed by atoms with Gasteiger partial charge in [0, 0.05) is 41.0 Å². The number of thiazole rings is 1. The van der Waals surface area contributed by atoms with Crippen molar-refractivity contribution in [1.29, 1.82) is 0 Å². The Hall–Kier alpha value is -1.47. The van der Waals surface area contributed by atoms with Gasteiger partial charge in [-0.25, -0.2) is 4.98 Å². The molecule has 0 radical (unpaired) electrons. The maximum absolute atomic E-state index is 12.5. The molecule has 1 aromatic heterocycles. The number of carbonyl (C=O) groups is 1. The summed E-state index contributed by atoms with van der Waals surface area (Å²) in [6.07, 6.45) is 5.12. The van der Waals surface area contributed by atoms with Gasteiger partial charge < -0.3 is 10.1 Å². The molecule has 1 N–H and O–H groups in total. The molecule has 5 nitrogen and oxygen atoms in total. The average Bonchev–Trinajstić information content (AvgIpc) is 3.14. The normalized spacial score (nSPS) is 26.8. The monoisotopic (exact) mass is 475 g/mol. The Labute approximate surface area is 200 Å². The lowest BCUT2D eigenvalue weighted by Gasteiger charge is -2.45. The summed E-state index contributed by atoms with van der Waals surface area (Å²) in [7, 11) is 0. The Balaban J connectivity index is 1.45. The van der Waals surface area contributed by atoms with E-state index in [2.05, 4.69) is 36.2 Å². The third-order valence-corrected chi connectivity index (χ3v) is 8.41. The molecule has 2 atom stereocenters. The highest BCUT2D eigenvalue weighted by molar-refractivity contribution is 7.11. The summed E-state index contributed by atoms with van der Waals surface area (Å²) in [6.45, 7) is 8.09. The van der Waals surface area contributed by atoms with Crippen molar-refractivity contribution >= 4 is 28.8 Å². The first-order valence-corrected chi connectivity index (χ1v) is 13.0. The number of halogens is 1. The molecule has 32 heavy (non-hydrogen) atoms. The van der Waals surface area contributed by atoms with Crippen molar-refractivity contribution in [1.82, 2.24) is 15.2 Å². The molecule has 1 saturated heterocycles. The van der Waals surface area contributed by atoms with E-state index in [4.69, 9.17) is 21.3 Å². The summed E-state index contributed by atoms with van der Waals surface area (Å²) in [6, 6.07) is 8.84. The van der Waals surface area contributed by atoms with Gasteiger partial charge in [0.05, 0.1) is 17.3 Å². The molecule has 0 unspecified atom stereocenters. The highest BCUT2D eigenvalue weighted by atomic mass is 35.5. The lowest BCUT2D eigenvalue weighted by molar-refractivity contribution is -0.145. The van der Waals surface area contributed by atoms with Crippen LogP contribution in [0.5, 0.6) is 0 Å². The van der Waals surface area contributed by atoms with Gasteiger partial charge in [0.25, 0.3) is 0 Å². The highest BCUT2D eigenvalue weighted by Crippen LogP contribution is 2.38. The Bertz CT molecular complexity index is 889. The van der Waals surface area contributed by atoms with Crippen molar-refractivity contribution < 1.29 is 9.53 Å². The zero-order chi connectivity index (χ0) is 22.7. The van der Waals surface area contributed by atoms with Gasteiger partial charge in [-0.05, 0) is 70.6 Å². The van der Waals surface area contributed by atoms with Gasteiger partial charge in [-0.1, -0.05) is 23.7 Å². The zero-order valence-electron chi connectivity index (χ0n) is 19.3. The van der Waals surface area contributed by atoms with Crippen LogP contribution in [0.15, 0.2) is 24.3 Å². The summed E-state index contributed by atoms with van der Waals surface area (Å²) < 4.78 is 6.04. The van der Waals surface area contributed by atoms with Crippen LogP contribution >= 0.6 is 22.9 Å². The molecule has 4 rings (SSSR count). The van der Waals surface area contributed by atoms with Crippen LogP contribution in [0.4, 0.5) is 0 Å². The highest BCUT2D eigenvalue weighted by Gasteiger charge is 2.38. The van der Waals surface area contributed by atoms with Crippen LogP contribution in [-0.2, 0) is 16.0 Å². The number of aromatic nitrogens is 1. The Morgan fingerprint density at radius 1 is 1.22 bits per heavy atom. The molecule has 0 spiro atoms. The van der Waals surface area contributed by atoms with Crippen LogP contribution in [0.1, 0.15) is 59.7 Å². The number of aryl methyl sites for hydroxylation is 2.